The van der Waals surface area contributed by atoms with E-state index in [1.165, 1.54) is 0 Å². The molecule has 0 radical (unpaired) electrons. The number of likely N-dealkylation sites (tertiary alicyclic amines) is 1. The van der Waals surface area contributed by atoms with Gasteiger partial charge >= 0.3 is 0 Å². The van der Waals surface area contributed by atoms with Crippen molar-refractivity contribution in [3.63, 3.8) is 0 Å². The van der Waals surface area contributed by atoms with E-state index < -0.39 is 12.2 Å². The molecule has 4 nitrogen and oxygen atoms in total. The van der Waals surface area contributed by atoms with Gasteiger partial charge in [0.05, 0.1) is 12.2 Å². The number of benzene rings is 1. The van der Waals surface area contributed by atoms with Gasteiger partial charge in [0.25, 0.3) is 5.91 Å². The van der Waals surface area contributed by atoms with Crippen LogP contribution in [0.15, 0.2) is 18.2 Å². The average molecular weight is 270 g/mol. The maximum absolute atomic E-state index is 12.3. The Labute approximate surface area is 111 Å². The molecule has 0 bridgehead atoms. The number of hydrogen-bond acceptors (Lipinski definition) is 3. The highest BCUT2D eigenvalue weighted by molar-refractivity contribution is 6.31. The lowest BCUT2D eigenvalue weighted by molar-refractivity contribution is -0.0321. The van der Waals surface area contributed by atoms with Gasteiger partial charge in [0.2, 0.25) is 0 Å². The fourth-order valence-electron chi connectivity index (χ4n) is 2.10. The topological polar surface area (TPSA) is 60.8 Å². The molecule has 1 aromatic carbocycles. The van der Waals surface area contributed by atoms with E-state index in [2.05, 4.69) is 0 Å². The molecule has 18 heavy (non-hydrogen) atoms. The summed E-state index contributed by atoms with van der Waals surface area (Å²) in [6.45, 7) is 2.45. The van der Waals surface area contributed by atoms with Crippen molar-refractivity contribution in [1.82, 2.24) is 4.90 Å². The fourth-order valence-corrected chi connectivity index (χ4v) is 2.27. The third kappa shape index (κ3) is 2.66. The van der Waals surface area contributed by atoms with Crippen molar-refractivity contribution in [3.05, 3.63) is 34.3 Å². The molecule has 1 amide bonds. The number of aliphatic hydroxyl groups is 2. The van der Waals surface area contributed by atoms with Crippen LogP contribution in [0.4, 0.5) is 0 Å². The number of halogens is 1. The molecule has 1 heterocycles. The number of hydrogen-bond donors (Lipinski definition) is 2. The molecule has 1 aliphatic rings. The summed E-state index contributed by atoms with van der Waals surface area (Å²) in [5, 5.41) is 19.6. The lowest BCUT2D eigenvalue weighted by Gasteiger charge is -2.33. The van der Waals surface area contributed by atoms with E-state index in [9.17, 15) is 15.0 Å². The summed E-state index contributed by atoms with van der Waals surface area (Å²) >= 11 is 5.89. The number of aryl methyl sites for hydroxylation is 1. The zero-order chi connectivity index (χ0) is 13.3. The molecule has 98 valence electrons. The lowest BCUT2D eigenvalue weighted by Crippen LogP contribution is -2.49. The maximum Gasteiger partial charge on any atom is 0.254 e. The molecule has 0 saturated carbocycles. The van der Waals surface area contributed by atoms with Gasteiger partial charge in [-0.3, -0.25) is 4.79 Å². The van der Waals surface area contributed by atoms with Crippen molar-refractivity contribution in [1.29, 1.82) is 0 Å². The molecule has 1 aliphatic heterocycles. The second-order valence-electron chi connectivity index (χ2n) is 4.63. The van der Waals surface area contributed by atoms with E-state index in [1.807, 2.05) is 6.92 Å². The van der Waals surface area contributed by atoms with Gasteiger partial charge in [0.1, 0.15) is 0 Å². The molecule has 2 N–H and O–H groups in total. The van der Waals surface area contributed by atoms with E-state index in [-0.39, 0.29) is 12.5 Å². The highest BCUT2D eigenvalue weighted by Crippen LogP contribution is 2.20. The number of carbonyl (C=O) groups excluding carboxylic acids is 1. The van der Waals surface area contributed by atoms with Gasteiger partial charge in [0, 0.05) is 23.7 Å². The molecule has 0 spiro atoms. The average Bonchev–Trinajstić information content (AvgIpc) is 2.35. The lowest BCUT2D eigenvalue weighted by atomic mass is 10.0. The van der Waals surface area contributed by atoms with E-state index in [0.717, 1.165) is 5.56 Å². The summed E-state index contributed by atoms with van der Waals surface area (Å²) in [4.78, 5) is 13.9. The predicted octanol–water partition coefficient (Wildman–Crippen LogP) is 1.22. The van der Waals surface area contributed by atoms with Crippen molar-refractivity contribution < 1.29 is 15.0 Å². The number of rotatable bonds is 1. The number of piperidine rings is 1. The summed E-state index contributed by atoms with van der Waals surface area (Å²) in [6, 6.07) is 5.17. The molecule has 0 aliphatic carbocycles. The standard InChI is InChI=1S/C13H16ClNO3/c1-8-2-3-9(14)6-10(8)13(18)15-5-4-11(16)12(17)7-15/h2-3,6,11-12,16-17H,4-5,7H2,1H3/t11-,12-/m1/s1. The second kappa shape index (κ2) is 5.26. The molecule has 1 aromatic rings. The van der Waals surface area contributed by atoms with Crippen LogP contribution in [0.25, 0.3) is 0 Å². The number of nitrogens with zero attached hydrogens (tertiary/aromatic N) is 1. The second-order valence-corrected chi connectivity index (χ2v) is 5.07. The molecule has 2 atom stereocenters. The van der Waals surface area contributed by atoms with Gasteiger partial charge in [-0.15, -0.1) is 0 Å². The minimum Gasteiger partial charge on any atom is -0.390 e. The van der Waals surface area contributed by atoms with Crippen molar-refractivity contribution in [2.75, 3.05) is 13.1 Å². The Morgan fingerprint density at radius 2 is 2.11 bits per heavy atom. The van der Waals surface area contributed by atoms with Crippen LogP contribution in [-0.4, -0.2) is 46.3 Å². The first-order valence-corrected chi connectivity index (χ1v) is 6.28. The molecular formula is C13H16ClNO3. The van der Waals surface area contributed by atoms with Gasteiger partial charge in [-0.25, -0.2) is 0 Å². The minimum atomic E-state index is -0.873. The summed E-state index contributed by atoms with van der Waals surface area (Å²) < 4.78 is 0. The Balaban J connectivity index is 2.19. The fraction of sp³-hybridized carbons (Fsp3) is 0.462. The number of amides is 1. The van der Waals surface area contributed by atoms with Gasteiger partial charge < -0.3 is 15.1 Å². The van der Waals surface area contributed by atoms with Crippen LogP contribution < -0.4 is 0 Å². The Morgan fingerprint density at radius 1 is 1.39 bits per heavy atom. The van der Waals surface area contributed by atoms with Crippen LogP contribution in [0, 0.1) is 6.92 Å². The number of carbonyl (C=O) groups is 1. The quantitative estimate of drug-likeness (QED) is 0.806. The summed E-state index contributed by atoms with van der Waals surface area (Å²) in [7, 11) is 0. The zero-order valence-corrected chi connectivity index (χ0v) is 10.9. The molecule has 0 unspecified atom stereocenters. The van der Waals surface area contributed by atoms with Crippen molar-refractivity contribution in [3.8, 4) is 0 Å². The van der Waals surface area contributed by atoms with E-state index in [1.54, 1.807) is 23.1 Å². The minimum absolute atomic E-state index is 0.152. The first-order valence-electron chi connectivity index (χ1n) is 5.90. The van der Waals surface area contributed by atoms with E-state index in [4.69, 9.17) is 11.6 Å². The normalized spacial score (nSPS) is 24.1. The maximum atomic E-state index is 12.3. The van der Waals surface area contributed by atoms with Gasteiger partial charge in [-0.1, -0.05) is 17.7 Å². The third-order valence-electron chi connectivity index (χ3n) is 3.26. The number of aliphatic hydroxyl groups excluding tert-OH is 2. The Morgan fingerprint density at radius 3 is 2.78 bits per heavy atom. The Hall–Kier alpha value is -1.10. The Bertz CT molecular complexity index is 464. The Kier molecular flexibility index (Phi) is 3.90. The van der Waals surface area contributed by atoms with E-state index in [0.29, 0.717) is 23.6 Å². The molecule has 1 saturated heterocycles. The highest BCUT2D eigenvalue weighted by atomic mass is 35.5. The first kappa shape index (κ1) is 13.3. The SMILES string of the molecule is Cc1ccc(Cl)cc1C(=O)N1CC[C@@H](O)[C@H](O)C1. The zero-order valence-electron chi connectivity index (χ0n) is 10.1. The van der Waals surface area contributed by atoms with E-state index >= 15 is 0 Å². The highest BCUT2D eigenvalue weighted by Gasteiger charge is 2.29. The molecular weight excluding hydrogens is 254 g/mol. The van der Waals surface area contributed by atoms with Crippen molar-refractivity contribution in [2.24, 2.45) is 0 Å². The van der Waals surface area contributed by atoms with Crippen molar-refractivity contribution >= 4 is 17.5 Å². The summed E-state index contributed by atoms with van der Waals surface area (Å²) in [5.41, 5.74) is 1.40. The molecule has 1 fully saturated rings. The summed E-state index contributed by atoms with van der Waals surface area (Å²) in [6.07, 6.45) is -1.22. The summed E-state index contributed by atoms with van der Waals surface area (Å²) in [5.74, 6) is -0.152. The van der Waals surface area contributed by atoms with Gasteiger partial charge in [0.15, 0.2) is 0 Å². The monoisotopic (exact) mass is 269 g/mol. The first-order chi connectivity index (χ1) is 8.49. The van der Waals surface area contributed by atoms with Gasteiger partial charge in [-0.05, 0) is 31.0 Å². The van der Waals surface area contributed by atoms with Crippen LogP contribution in [-0.2, 0) is 0 Å². The molecule has 2 rings (SSSR count). The number of β-amino-alcohol motifs (C(OH)–C–C–N with tert-alkyl or cyclic N) is 1. The van der Waals surface area contributed by atoms with Crippen LogP contribution in [0.3, 0.4) is 0 Å². The largest absolute Gasteiger partial charge is 0.390 e. The van der Waals surface area contributed by atoms with Crippen LogP contribution in [0.2, 0.25) is 5.02 Å². The molecule has 0 aromatic heterocycles. The van der Waals surface area contributed by atoms with Crippen LogP contribution >= 0.6 is 11.6 Å². The third-order valence-corrected chi connectivity index (χ3v) is 3.50. The predicted molar refractivity (Wildman–Crippen MR) is 68.7 cm³/mol. The van der Waals surface area contributed by atoms with Crippen molar-refractivity contribution in [2.45, 2.75) is 25.6 Å². The van der Waals surface area contributed by atoms with Crippen LogP contribution in [0.5, 0.6) is 0 Å². The smallest absolute Gasteiger partial charge is 0.254 e. The van der Waals surface area contributed by atoms with Crippen LogP contribution in [0.1, 0.15) is 22.3 Å². The molecule has 5 heteroatoms. The van der Waals surface area contributed by atoms with Gasteiger partial charge in [-0.2, -0.15) is 0 Å².